The Balaban J connectivity index is 1.50. The number of halogens is 11. The molecule has 7 rings (SSSR count). The zero-order chi connectivity index (χ0) is 55.0. The minimum Gasteiger partial charge on any atom is -0.394 e. The maximum atomic E-state index is 15.8. The summed E-state index contributed by atoms with van der Waals surface area (Å²) >= 11 is 6.70. The normalized spacial score (nSPS) is 18.6. The second-order valence-electron chi connectivity index (χ2n) is 18.6. The lowest BCUT2D eigenvalue weighted by molar-refractivity contribution is -0.143. The first-order valence-corrected chi connectivity index (χ1v) is 26.4. The summed E-state index contributed by atoms with van der Waals surface area (Å²) in [6, 6.07) is 2.61. The molecular weight excluding hydrogens is 1070 g/mol. The lowest BCUT2D eigenvalue weighted by Crippen LogP contribution is -2.49. The van der Waals surface area contributed by atoms with E-state index in [4.69, 9.17) is 11.6 Å². The maximum Gasteiger partial charge on any atom is 0.435 e. The van der Waals surface area contributed by atoms with E-state index in [1.54, 1.807) is 0 Å². The Labute approximate surface area is 421 Å². The molecule has 0 spiro atoms. The second kappa shape index (κ2) is 19.6. The Morgan fingerprint density at radius 2 is 1.59 bits per heavy atom. The van der Waals surface area contributed by atoms with Crippen molar-refractivity contribution in [1.82, 2.24) is 34.8 Å². The van der Waals surface area contributed by atoms with Crippen LogP contribution in [0.4, 0.5) is 54.5 Å². The summed E-state index contributed by atoms with van der Waals surface area (Å²) in [5.74, 6) is -6.48. The van der Waals surface area contributed by atoms with Gasteiger partial charge in [-0.3, -0.25) is 14.2 Å². The molecule has 3 aromatic heterocycles. The fraction of sp³-hybridized carbons (Fsp3) is 0.457. The van der Waals surface area contributed by atoms with Gasteiger partial charge in [-0.05, 0) is 80.8 Å². The fourth-order valence-corrected chi connectivity index (χ4v) is 10.3. The number of sulfone groups is 1. The number of hydrogen-bond donors (Lipinski definition) is 2. The molecular formula is C46H45ClF10N8O7S2. The third-order valence-electron chi connectivity index (χ3n) is 13.0. The highest BCUT2D eigenvalue weighted by molar-refractivity contribution is 7.93. The number of carbonyl (C=O) groups excluding carboxylic acids is 2. The van der Waals surface area contributed by atoms with Crippen LogP contribution in [0, 0.1) is 29.4 Å². The van der Waals surface area contributed by atoms with Crippen molar-refractivity contribution in [3.05, 3.63) is 93.0 Å². The molecule has 2 N–H and O–H groups in total. The van der Waals surface area contributed by atoms with Crippen LogP contribution in [0.15, 0.2) is 42.5 Å². The zero-order valence-electron chi connectivity index (χ0n) is 39.8. The number of hydrogen-bond acceptors (Lipinski definition) is 10. The SMILES string of the molecule is C[C@@H]1c2c(C(F)(F)F)nn(CC(=O)N[C@@H](Cc3cc(F)cc(F)c3)c3nc(C#CC(C)(C)S(C)(=O)=O)ccc3-c3ccc(Cl)c4c(N(C(=O)N5CCC[C@H]5CO)S(C)(=O)=O)nn(CC(F)(F)F)c34)c2C(F)(F)[C@@H]1C. The molecule has 28 heteroatoms. The van der Waals surface area contributed by atoms with Crippen LogP contribution in [0.25, 0.3) is 22.0 Å². The summed E-state index contributed by atoms with van der Waals surface area (Å²) in [5.41, 5.74) is -6.04. The summed E-state index contributed by atoms with van der Waals surface area (Å²) in [7, 11) is -8.73. The van der Waals surface area contributed by atoms with Crippen molar-refractivity contribution in [2.75, 3.05) is 30.0 Å². The molecule has 1 aliphatic carbocycles. The molecule has 74 heavy (non-hydrogen) atoms. The van der Waals surface area contributed by atoms with Gasteiger partial charge in [0.05, 0.1) is 46.6 Å². The number of alkyl halides is 8. The van der Waals surface area contributed by atoms with E-state index in [0.717, 1.165) is 61.4 Å². The van der Waals surface area contributed by atoms with Gasteiger partial charge >= 0.3 is 18.4 Å². The molecule has 0 saturated carbocycles. The van der Waals surface area contributed by atoms with E-state index in [1.165, 1.54) is 13.8 Å². The third-order valence-corrected chi connectivity index (χ3v) is 16.3. The van der Waals surface area contributed by atoms with E-state index in [1.807, 2.05) is 0 Å². The van der Waals surface area contributed by atoms with Crippen molar-refractivity contribution in [2.24, 2.45) is 5.92 Å². The third kappa shape index (κ3) is 10.9. The summed E-state index contributed by atoms with van der Waals surface area (Å²) in [6.07, 6.45) is -9.11. The van der Waals surface area contributed by atoms with Crippen molar-refractivity contribution >= 4 is 60.1 Å². The van der Waals surface area contributed by atoms with Gasteiger partial charge in [-0.2, -0.15) is 49.6 Å². The molecule has 400 valence electrons. The van der Waals surface area contributed by atoms with Gasteiger partial charge in [-0.15, -0.1) is 0 Å². The monoisotopic (exact) mass is 1110 g/mol. The smallest absolute Gasteiger partial charge is 0.394 e. The predicted octanol–water partition coefficient (Wildman–Crippen LogP) is 8.27. The molecule has 2 aliphatic rings. The number of pyridine rings is 1. The van der Waals surface area contributed by atoms with Crippen LogP contribution < -0.4 is 9.62 Å². The number of sulfonamides is 1. The lowest BCUT2D eigenvalue weighted by atomic mass is 9.93. The first-order chi connectivity index (χ1) is 34.0. The van der Waals surface area contributed by atoms with Gasteiger partial charge in [0.25, 0.3) is 5.92 Å². The Hall–Kier alpha value is -5.98. The molecule has 3 amide bonds. The summed E-state index contributed by atoms with van der Waals surface area (Å²) in [4.78, 5) is 34.0. The molecule has 1 aliphatic heterocycles. The van der Waals surface area contributed by atoms with Crippen LogP contribution in [0.5, 0.6) is 0 Å². The highest BCUT2D eigenvalue weighted by Gasteiger charge is 2.57. The van der Waals surface area contributed by atoms with Crippen LogP contribution >= 0.6 is 11.6 Å². The summed E-state index contributed by atoms with van der Waals surface area (Å²) in [5, 5.41) is 18.8. The first-order valence-electron chi connectivity index (χ1n) is 22.3. The van der Waals surface area contributed by atoms with Gasteiger partial charge in [0, 0.05) is 41.5 Å². The molecule has 1 saturated heterocycles. The predicted molar refractivity (Wildman–Crippen MR) is 249 cm³/mol. The number of benzene rings is 2. The van der Waals surface area contributed by atoms with Gasteiger partial charge in [0.1, 0.15) is 40.9 Å². The van der Waals surface area contributed by atoms with Crippen molar-refractivity contribution < 1.29 is 75.4 Å². The number of aliphatic hydroxyl groups is 1. The standard InChI is InChI=1S/C46H45ClF10N8O7S2/c1-23-24(2)45(53,54)40-35(23)39(46(55,56)57)60-63(40)20-34(67)59-33(18-25-16-26(48)19-27(49)17-25)37-30(10-9-28(58-37)13-14-43(3,4)73(5,69)70)31-11-12-32(47)36-38(31)64(22-44(50,51)52)61-41(36)65(74(6,71)72)42(68)62-15-7-8-29(62)21-66/h9-12,16-17,19,23-24,29,33,66H,7-8,15,18,20-22H2,1-6H3,(H,59,67)/t23-,24+,29-,33-/m0/s1. The van der Waals surface area contributed by atoms with E-state index in [-0.39, 0.29) is 49.0 Å². The van der Waals surface area contributed by atoms with E-state index in [0.29, 0.717) is 18.7 Å². The van der Waals surface area contributed by atoms with Crippen LogP contribution in [0.1, 0.15) is 86.4 Å². The number of urea groups is 1. The Morgan fingerprint density at radius 3 is 2.18 bits per heavy atom. The molecule has 0 radical (unpaired) electrons. The number of fused-ring (bicyclic) bond motifs is 2. The molecule has 15 nitrogen and oxygen atoms in total. The highest BCUT2D eigenvalue weighted by Crippen LogP contribution is 2.55. The fourth-order valence-electron chi connectivity index (χ4n) is 8.95. The van der Waals surface area contributed by atoms with E-state index in [2.05, 4.69) is 32.3 Å². The second-order valence-corrected chi connectivity index (χ2v) is 23.4. The van der Waals surface area contributed by atoms with Gasteiger partial charge in [0.2, 0.25) is 15.9 Å². The topological polar surface area (TPSA) is 190 Å². The molecule has 5 aromatic rings. The number of carbonyl (C=O) groups is 2. The quantitative estimate of drug-likeness (QED) is 0.0909. The molecule has 2 aromatic carbocycles. The number of nitrogens with one attached hydrogen (secondary N) is 1. The molecule has 0 unspecified atom stereocenters. The highest BCUT2D eigenvalue weighted by atomic mass is 35.5. The van der Waals surface area contributed by atoms with Crippen molar-refractivity contribution in [1.29, 1.82) is 0 Å². The molecule has 4 heterocycles. The Morgan fingerprint density at radius 1 is 0.959 bits per heavy atom. The number of aromatic nitrogens is 5. The number of rotatable bonds is 12. The van der Waals surface area contributed by atoms with Gasteiger partial charge < -0.3 is 15.3 Å². The number of aliphatic hydroxyl groups excluding tert-OH is 1. The number of likely N-dealkylation sites (tertiary alicyclic amines) is 1. The Kier molecular flexibility index (Phi) is 14.8. The van der Waals surface area contributed by atoms with Gasteiger partial charge in [0.15, 0.2) is 21.3 Å². The molecule has 0 bridgehead atoms. The lowest BCUT2D eigenvalue weighted by Gasteiger charge is -2.28. The maximum absolute atomic E-state index is 15.8. The summed E-state index contributed by atoms with van der Waals surface area (Å²) < 4.78 is 200. The minimum absolute atomic E-state index is 0.0722. The average Bonchev–Trinajstić information content (AvgIpc) is 4.03. The average molecular weight is 1110 g/mol. The first kappa shape index (κ1) is 55.8. The van der Waals surface area contributed by atoms with Crippen LogP contribution in [0.3, 0.4) is 0 Å². The minimum atomic E-state index is -5.26. The van der Waals surface area contributed by atoms with Gasteiger partial charge in [-0.25, -0.2) is 35.4 Å². The van der Waals surface area contributed by atoms with Crippen LogP contribution in [-0.4, -0.2) is 106 Å². The van der Waals surface area contributed by atoms with Crippen molar-refractivity contribution in [3.63, 3.8) is 0 Å². The van der Waals surface area contributed by atoms with Crippen molar-refractivity contribution in [3.8, 4) is 23.0 Å². The summed E-state index contributed by atoms with van der Waals surface area (Å²) in [6.45, 7) is 0.642. The van der Waals surface area contributed by atoms with Gasteiger partial charge in [-0.1, -0.05) is 37.4 Å². The number of nitrogens with zero attached hydrogens (tertiary/aromatic N) is 7. The van der Waals surface area contributed by atoms with E-state index >= 15 is 8.78 Å². The molecule has 1 fully saturated rings. The van der Waals surface area contributed by atoms with E-state index < -0.39 is 161 Å². The largest absolute Gasteiger partial charge is 0.435 e. The zero-order valence-corrected chi connectivity index (χ0v) is 42.2. The number of anilines is 1. The Bertz CT molecular complexity index is 3350. The number of amides is 3. The van der Waals surface area contributed by atoms with E-state index in [9.17, 15) is 66.7 Å². The van der Waals surface area contributed by atoms with Crippen LogP contribution in [0.2, 0.25) is 5.02 Å². The van der Waals surface area contributed by atoms with Crippen molar-refractivity contribution in [2.45, 2.75) is 101 Å². The van der Waals surface area contributed by atoms with Crippen LogP contribution in [-0.2, 0) is 56.3 Å². The molecule has 4 atom stereocenters.